The summed E-state index contributed by atoms with van der Waals surface area (Å²) in [5.41, 5.74) is 4.61. The molecule has 2 aromatic heterocycles. The number of benzene rings is 2. The van der Waals surface area contributed by atoms with Crippen molar-refractivity contribution < 1.29 is 4.74 Å². The number of nitrogens with zero attached hydrogens (tertiary/aromatic N) is 4. The third-order valence-corrected chi connectivity index (χ3v) is 6.03. The molecule has 0 fully saturated rings. The van der Waals surface area contributed by atoms with E-state index in [1.54, 1.807) is 0 Å². The average molecular weight is 436 g/mol. The van der Waals surface area contributed by atoms with Gasteiger partial charge in [0.15, 0.2) is 5.69 Å². The van der Waals surface area contributed by atoms with Crippen LogP contribution in [0.3, 0.4) is 0 Å². The molecule has 150 valence electrons. The first-order valence-electron chi connectivity index (χ1n) is 9.43. The van der Waals surface area contributed by atoms with Crippen LogP contribution in [0.2, 0.25) is 5.02 Å². The van der Waals surface area contributed by atoms with Gasteiger partial charge in [-0.25, -0.2) is 0 Å². The Hall–Kier alpha value is -3.03. The van der Waals surface area contributed by atoms with Gasteiger partial charge in [0.2, 0.25) is 17.3 Å². The number of aromatic nitrogens is 4. The van der Waals surface area contributed by atoms with Gasteiger partial charge in [0.1, 0.15) is 0 Å². The Morgan fingerprint density at radius 3 is 2.70 bits per heavy atom. The molecule has 30 heavy (non-hydrogen) atoms. The summed E-state index contributed by atoms with van der Waals surface area (Å²) in [5.74, 6) is 1.18. The van der Waals surface area contributed by atoms with Crippen LogP contribution in [0.15, 0.2) is 72.0 Å². The highest BCUT2D eigenvalue weighted by atomic mass is 35.5. The first-order chi connectivity index (χ1) is 14.7. The molecule has 1 N–H and O–H groups in total. The number of nitrogens with one attached hydrogen (secondary N) is 1. The number of anilines is 1. The van der Waals surface area contributed by atoms with Gasteiger partial charge < -0.3 is 14.6 Å². The normalized spacial score (nSPS) is 14.8. The minimum atomic E-state index is -0.391. The molecule has 6 nitrogen and oxygen atoms in total. The van der Waals surface area contributed by atoms with E-state index in [-0.39, 0.29) is 0 Å². The predicted molar refractivity (Wildman–Crippen MR) is 119 cm³/mol. The van der Waals surface area contributed by atoms with Crippen molar-refractivity contribution in [3.05, 3.63) is 83.1 Å². The molecule has 0 saturated heterocycles. The number of fused-ring (bicyclic) bond motifs is 3. The number of hydrogen-bond acceptors (Lipinski definition) is 6. The number of halogens is 1. The van der Waals surface area contributed by atoms with Gasteiger partial charge in [0.05, 0.1) is 5.69 Å². The number of hydrogen-bond donors (Lipinski definition) is 1. The lowest BCUT2D eigenvalue weighted by Crippen LogP contribution is -2.19. The fraction of sp³-hybridized carbons (Fsp3) is 0.136. The van der Waals surface area contributed by atoms with Crippen molar-refractivity contribution in [2.24, 2.45) is 7.05 Å². The molecule has 0 amide bonds. The van der Waals surface area contributed by atoms with Crippen molar-refractivity contribution >= 4 is 29.1 Å². The fourth-order valence-corrected chi connectivity index (χ4v) is 4.18. The van der Waals surface area contributed by atoms with Crippen LogP contribution in [-0.2, 0) is 12.8 Å². The third-order valence-electron chi connectivity index (χ3n) is 4.87. The van der Waals surface area contributed by atoms with Crippen molar-refractivity contribution in [1.29, 1.82) is 0 Å². The first kappa shape index (κ1) is 19.0. The molecular formula is C22H18ClN5OS. The molecule has 1 atom stereocenters. The van der Waals surface area contributed by atoms with Crippen molar-refractivity contribution in [2.45, 2.75) is 17.1 Å². The second kappa shape index (κ2) is 8.01. The summed E-state index contributed by atoms with van der Waals surface area (Å²) < 4.78 is 8.32. The topological polar surface area (TPSA) is 64.9 Å². The van der Waals surface area contributed by atoms with E-state index < -0.39 is 6.23 Å². The SMILES string of the molecule is Cn1cccc1C1Nc2ccccc2-c2nnc(SCc3ccc(Cl)cc3)nc2O1. The van der Waals surface area contributed by atoms with Crippen LogP contribution in [0, 0.1) is 0 Å². The molecule has 0 saturated carbocycles. The molecule has 0 bridgehead atoms. The summed E-state index contributed by atoms with van der Waals surface area (Å²) in [6.07, 6.45) is 1.60. The van der Waals surface area contributed by atoms with Crippen LogP contribution in [0.5, 0.6) is 5.88 Å². The van der Waals surface area contributed by atoms with E-state index in [4.69, 9.17) is 16.3 Å². The zero-order valence-electron chi connectivity index (χ0n) is 16.1. The van der Waals surface area contributed by atoms with Crippen LogP contribution in [0.1, 0.15) is 17.5 Å². The largest absolute Gasteiger partial charge is 0.446 e. The maximum absolute atomic E-state index is 6.30. The molecule has 8 heteroatoms. The maximum atomic E-state index is 6.30. The van der Waals surface area contributed by atoms with E-state index in [9.17, 15) is 0 Å². The molecule has 0 radical (unpaired) electrons. The minimum absolute atomic E-state index is 0.391. The Balaban J connectivity index is 1.48. The van der Waals surface area contributed by atoms with Gasteiger partial charge in [0, 0.05) is 35.3 Å². The molecule has 2 aromatic carbocycles. The van der Waals surface area contributed by atoms with Crippen molar-refractivity contribution in [3.8, 4) is 17.1 Å². The van der Waals surface area contributed by atoms with E-state index in [2.05, 4.69) is 20.5 Å². The summed E-state index contributed by atoms with van der Waals surface area (Å²) in [6.45, 7) is 0. The number of rotatable bonds is 4. The summed E-state index contributed by atoms with van der Waals surface area (Å²) >= 11 is 7.48. The van der Waals surface area contributed by atoms with Crippen molar-refractivity contribution in [2.75, 3.05) is 5.32 Å². The van der Waals surface area contributed by atoms with Crippen LogP contribution >= 0.6 is 23.4 Å². The summed E-state index contributed by atoms with van der Waals surface area (Å²) in [6, 6.07) is 19.7. The zero-order valence-corrected chi connectivity index (χ0v) is 17.7. The predicted octanol–water partition coefficient (Wildman–Crippen LogP) is 5.33. The Labute approximate surface area is 183 Å². The highest BCUT2D eigenvalue weighted by molar-refractivity contribution is 7.98. The second-order valence-corrected chi connectivity index (χ2v) is 8.27. The summed E-state index contributed by atoms with van der Waals surface area (Å²) in [4.78, 5) is 4.69. The number of aryl methyl sites for hydroxylation is 1. The lowest BCUT2D eigenvalue weighted by molar-refractivity contribution is 0.217. The smallest absolute Gasteiger partial charge is 0.247 e. The van der Waals surface area contributed by atoms with Gasteiger partial charge >= 0.3 is 0 Å². The lowest BCUT2D eigenvalue weighted by Gasteiger charge is -2.19. The van der Waals surface area contributed by atoms with Crippen molar-refractivity contribution in [3.63, 3.8) is 0 Å². The summed E-state index contributed by atoms with van der Waals surface area (Å²) in [5, 5.41) is 13.5. The number of thioether (sulfide) groups is 1. The third kappa shape index (κ3) is 3.74. The van der Waals surface area contributed by atoms with Gasteiger partial charge in [-0.15, -0.1) is 10.2 Å². The van der Waals surface area contributed by atoms with E-state index >= 15 is 0 Å². The summed E-state index contributed by atoms with van der Waals surface area (Å²) in [7, 11) is 1.99. The molecule has 1 unspecified atom stereocenters. The highest BCUT2D eigenvalue weighted by Gasteiger charge is 2.27. The maximum Gasteiger partial charge on any atom is 0.247 e. The molecule has 3 heterocycles. The fourth-order valence-electron chi connectivity index (χ4n) is 3.32. The molecule has 0 spiro atoms. The molecule has 1 aliphatic rings. The van der Waals surface area contributed by atoms with Gasteiger partial charge in [-0.3, -0.25) is 0 Å². The quantitative estimate of drug-likeness (QED) is 0.437. The zero-order chi connectivity index (χ0) is 20.5. The van der Waals surface area contributed by atoms with Crippen LogP contribution in [-0.4, -0.2) is 19.7 Å². The Bertz CT molecular complexity index is 1190. The molecule has 0 aliphatic carbocycles. The molecule has 4 aromatic rings. The molecule has 5 rings (SSSR count). The van der Waals surface area contributed by atoms with Gasteiger partial charge in [0.25, 0.3) is 0 Å². The number of ether oxygens (including phenoxy) is 1. The van der Waals surface area contributed by atoms with Crippen molar-refractivity contribution in [1.82, 2.24) is 19.7 Å². The Kier molecular flexibility index (Phi) is 5.06. The monoisotopic (exact) mass is 435 g/mol. The highest BCUT2D eigenvalue weighted by Crippen LogP contribution is 2.39. The Morgan fingerprint density at radius 1 is 1.07 bits per heavy atom. The van der Waals surface area contributed by atoms with E-state index in [0.717, 1.165) is 27.5 Å². The minimum Gasteiger partial charge on any atom is -0.446 e. The van der Waals surface area contributed by atoms with Gasteiger partial charge in [-0.2, -0.15) is 4.98 Å². The standard InChI is InChI=1S/C22H18ClN5OS/c1-28-12-4-7-18(28)20-24-17-6-3-2-5-16(17)19-21(29-20)25-22(27-26-19)30-13-14-8-10-15(23)11-9-14/h2-12,20,24H,13H2,1H3. The first-order valence-corrected chi connectivity index (χ1v) is 10.8. The van der Waals surface area contributed by atoms with Crippen LogP contribution in [0.25, 0.3) is 11.3 Å². The lowest BCUT2D eigenvalue weighted by atomic mass is 10.1. The molecular weight excluding hydrogens is 418 g/mol. The van der Waals surface area contributed by atoms with Crippen LogP contribution in [0.4, 0.5) is 5.69 Å². The van der Waals surface area contributed by atoms with Gasteiger partial charge in [-0.05, 0) is 35.9 Å². The van der Waals surface area contributed by atoms with E-state index in [0.29, 0.717) is 22.5 Å². The van der Waals surface area contributed by atoms with E-state index in [1.807, 2.05) is 78.5 Å². The average Bonchev–Trinajstić information content (AvgIpc) is 3.12. The van der Waals surface area contributed by atoms with Gasteiger partial charge in [-0.1, -0.05) is 53.7 Å². The second-order valence-electron chi connectivity index (χ2n) is 6.90. The van der Waals surface area contributed by atoms with Crippen LogP contribution < -0.4 is 10.1 Å². The number of para-hydroxylation sites is 1. The molecule has 1 aliphatic heterocycles. The van der Waals surface area contributed by atoms with E-state index in [1.165, 1.54) is 11.8 Å². The Morgan fingerprint density at radius 2 is 1.90 bits per heavy atom.